The number of hydrogen-bond acceptors (Lipinski definition) is 2. The number of fused-ring (bicyclic) bond motifs is 1. The third kappa shape index (κ3) is 2.96. The smallest absolute Gasteiger partial charge is 0.0371 e. The lowest BCUT2D eigenvalue weighted by molar-refractivity contribution is 0.271. The van der Waals surface area contributed by atoms with Crippen LogP contribution in [0.15, 0.2) is 18.2 Å². The summed E-state index contributed by atoms with van der Waals surface area (Å²) in [7, 11) is 0. The Hall–Kier alpha value is -1.02. The van der Waals surface area contributed by atoms with Crippen LogP contribution in [0.1, 0.15) is 51.2 Å². The van der Waals surface area contributed by atoms with Gasteiger partial charge in [-0.3, -0.25) is 0 Å². The van der Waals surface area contributed by atoms with Crippen molar-refractivity contribution < 1.29 is 0 Å². The molecule has 1 fully saturated rings. The summed E-state index contributed by atoms with van der Waals surface area (Å²) in [4.78, 5) is 2.63. The van der Waals surface area contributed by atoms with Gasteiger partial charge < -0.3 is 10.2 Å². The first-order valence-corrected chi connectivity index (χ1v) is 8.82. The van der Waals surface area contributed by atoms with Crippen molar-refractivity contribution in [2.75, 3.05) is 18.0 Å². The third-order valence-electron chi connectivity index (χ3n) is 5.64. The van der Waals surface area contributed by atoms with Crippen LogP contribution in [-0.4, -0.2) is 25.2 Å². The van der Waals surface area contributed by atoms with Gasteiger partial charge in [-0.15, -0.1) is 0 Å². The van der Waals surface area contributed by atoms with Gasteiger partial charge in [0.15, 0.2) is 0 Å². The number of benzene rings is 1. The van der Waals surface area contributed by atoms with E-state index in [2.05, 4.69) is 49.2 Å². The molecule has 0 radical (unpaired) electrons. The van der Waals surface area contributed by atoms with Gasteiger partial charge in [-0.25, -0.2) is 0 Å². The predicted molar refractivity (Wildman–Crippen MR) is 91.1 cm³/mol. The van der Waals surface area contributed by atoms with Crippen LogP contribution in [0.5, 0.6) is 0 Å². The van der Waals surface area contributed by atoms with Gasteiger partial charge in [0.1, 0.15) is 0 Å². The molecule has 3 atom stereocenters. The zero-order valence-electron chi connectivity index (χ0n) is 13.9. The summed E-state index contributed by atoms with van der Waals surface area (Å²) in [6.45, 7) is 9.40. The van der Waals surface area contributed by atoms with E-state index in [9.17, 15) is 0 Å². The van der Waals surface area contributed by atoms with Crippen molar-refractivity contribution in [1.82, 2.24) is 5.32 Å². The Morgan fingerprint density at radius 3 is 2.81 bits per heavy atom. The molecule has 3 rings (SSSR count). The lowest BCUT2D eigenvalue weighted by atomic mass is 9.86. The molecule has 116 valence electrons. The van der Waals surface area contributed by atoms with Crippen molar-refractivity contribution in [2.24, 2.45) is 5.92 Å². The quantitative estimate of drug-likeness (QED) is 0.906. The van der Waals surface area contributed by atoms with Crippen molar-refractivity contribution in [3.05, 3.63) is 29.3 Å². The van der Waals surface area contributed by atoms with Crippen molar-refractivity contribution in [3.8, 4) is 0 Å². The first-order valence-electron chi connectivity index (χ1n) is 8.82. The molecule has 0 bridgehead atoms. The van der Waals surface area contributed by atoms with Gasteiger partial charge in [0.25, 0.3) is 0 Å². The van der Waals surface area contributed by atoms with Gasteiger partial charge in [-0.05, 0) is 74.8 Å². The second kappa shape index (κ2) is 6.39. The largest absolute Gasteiger partial charge is 0.368 e. The summed E-state index contributed by atoms with van der Waals surface area (Å²) in [6, 6.07) is 8.49. The number of piperidine rings is 1. The fourth-order valence-corrected chi connectivity index (χ4v) is 4.08. The minimum atomic E-state index is 0.618. The standard InChI is InChI=1S/C19H30N2/c1-4-11-20-19-10-12-21(15(3)14(19)2)18-9-8-16-6-5-7-17(16)13-18/h8-9,13-15,19-20H,4-7,10-12H2,1-3H3. The SMILES string of the molecule is CCCNC1CCN(c2ccc3c(c2)CCC3)C(C)C1C. The highest BCUT2D eigenvalue weighted by atomic mass is 15.2. The van der Waals surface area contributed by atoms with Crippen LogP contribution in [0, 0.1) is 5.92 Å². The summed E-state index contributed by atoms with van der Waals surface area (Å²) < 4.78 is 0. The van der Waals surface area contributed by atoms with Gasteiger partial charge in [-0.2, -0.15) is 0 Å². The highest BCUT2D eigenvalue weighted by molar-refractivity contribution is 5.53. The Balaban J connectivity index is 1.72. The Morgan fingerprint density at radius 1 is 1.19 bits per heavy atom. The minimum Gasteiger partial charge on any atom is -0.368 e. The molecule has 21 heavy (non-hydrogen) atoms. The average Bonchev–Trinajstić information content (AvgIpc) is 2.96. The van der Waals surface area contributed by atoms with Crippen LogP contribution in [0.4, 0.5) is 5.69 Å². The summed E-state index contributed by atoms with van der Waals surface area (Å²) in [5.74, 6) is 0.707. The van der Waals surface area contributed by atoms with E-state index in [1.807, 2.05) is 0 Å². The van der Waals surface area contributed by atoms with Crippen LogP contribution in [0.3, 0.4) is 0 Å². The molecular formula is C19H30N2. The molecule has 2 aliphatic rings. The molecule has 1 aliphatic carbocycles. The van der Waals surface area contributed by atoms with Crippen molar-refractivity contribution >= 4 is 5.69 Å². The Bertz CT molecular complexity index is 482. The van der Waals surface area contributed by atoms with Crippen LogP contribution in [0.2, 0.25) is 0 Å². The third-order valence-corrected chi connectivity index (χ3v) is 5.64. The normalized spacial score (nSPS) is 28.7. The molecule has 2 nitrogen and oxygen atoms in total. The first-order chi connectivity index (χ1) is 10.2. The lowest BCUT2D eigenvalue weighted by Gasteiger charge is -2.44. The molecule has 0 aromatic heterocycles. The topological polar surface area (TPSA) is 15.3 Å². The summed E-state index contributed by atoms with van der Waals surface area (Å²) >= 11 is 0. The van der Waals surface area contributed by atoms with Crippen LogP contribution in [-0.2, 0) is 12.8 Å². The zero-order chi connectivity index (χ0) is 14.8. The molecule has 1 aliphatic heterocycles. The number of rotatable bonds is 4. The Kier molecular flexibility index (Phi) is 4.54. The maximum Gasteiger partial charge on any atom is 0.0371 e. The first kappa shape index (κ1) is 14.9. The van der Waals surface area contributed by atoms with E-state index in [1.165, 1.54) is 44.3 Å². The highest BCUT2D eigenvalue weighted by Gasteiger charge is 2.32. The average molecular weight is 286 g/mol. The van der Waals surface area contributed by atoms with Gasteiger partial charge in [0, 0.05) is 24.3 Å². The zero-order valence-corrected chi connectivity index (χ0v) is 13.9. The minimum absolute atomic E-state index is 0.618. The monoisotopic (exact) mass is 286 g/mol. The molecule has 1 aromatic carbocycles. The van der Waals surface area contributed by atoms with E-state index in [0.717, 1.165) is 6.54 Å². The molecule has 2 heteroatoms. The van der Waals surface area contributed by atoms with E-state index in [1.54, 1.807) is 11.1 Å². The molecule has 3 unspecified atom stereocenters. The molecule has 0 spiro atoms. The van der Waals surface area contributed by atoms with Crippen LogP contribution in [0.25, 0.3) is 0 Å². The lowest BCUT2D eigenvalue weighted by Crippen LogP contribution is -2.53. The predicted octanol–water partition coefficient (Wildman–Crippen LogP) is 3.78. The second-order valence-corrected chi connectivity index (χ2v) is 6.95. The van der Waals surface area contributed by atoms with E-state index in [-0.39, 0.29) is 0 Å². The number of anilines is 1. The molecule has 0 saturated carbocycles. The maximum absolute atomic E-state index is 3.74. The highest BCUT2D eigenvalue weighted by Crippen LogP contribution is 2.32. The van der Waals surface area contributed by atoms with Crippen LogP contribution < -0.4 is 10.2 Å². The summed E-state index contributed by atoms with van der Waals surface area (Å²) in [5, 5.41) is 3.74. The number of hydrogen-bond donors (Lipinski definition) is 1. The number of aryl methyl sites for hydroxylation is 2. The van der Waals surface area contributed by atoms with Gasteiger partial charge in [0.05, 0.1) is 0 Å². The second-order valence-electron chi connectivity index (χ2n) is 6.95. The summed E-state index contributed by atoms with van der Waals surface area (Å²) in [5.41, 5.74) is 4.63. The van der Waals surface area contributed by atoms with E-state index < -0.39 is 0 Å². The van der Waals surface area contributed by atoms with Gasteiger partial charge in [0.2, 0.25) is 0 Å². The molecule has 0 amide bonds. The van der Waals surface area contributed by atoms with Crippen molar-refractivity contribution in [3.63, 3.8) is 0 Å². The maximum atomic E-state index is 3.74. The van der Waals surface area contributed by atoms with Crippen LogP contribution >= 0.6 is 0 Å². The fraction of sp³-hybridized carbons (Fsp3) is 0.684. The number of nitrogens with one attached hydrogen (secondary N) is 1. The number of nitrogens with zero attached hydrogens (tertiary/aromatic N) is 1. The Labute approximate surface area is 129 Å². The fourth-order valence-electron chi connectivity index (χ4n) is 4.08. The summed E-state index contributed by atoms with van der Waals surface area (Å²) in [6.07, 6.45) is 6.40. The Morgan fingerprint density at radius 2 is 2.00 bits per heavy atom. The van der Waals surface area contributed by atoms with E-state index >= 15 is 0 Å². The molecule has 1 saturated heterocycles. The van der Waals surface area contributed by atoms with Crippen molar-refractivity contribution in [1.29, 1.82) is 0 Å². The van der Waals surface area contributed by atoms with Crippen molar-refractivity contribution in [2.45, 2.75) is 65.0 Å². The van der Waals surface area contributed by atoms with Gasteiger partial charge >= 0.3 is 0 Å². The molecule has 1 heterocycles. The van der Waals surface area contributed by atoms with E-state index in [4.69, 9.17) is 0 Å². The molecule has 1 aromatic rings. The van der Waals surface area contributed by atoms with E-state index in [0.29, 0.717) is 18.0 Å². The molecular weight excluding hydrogens is 256 g/mol. The molecule has 1 N–H and O–H groups in total. The van der Waals surface area contributed by atoms with Gasteiger partial charge in [-0.1, -0.05) is 19.9 Å².